The van der Waals surface area contributed by atoms with E-state index < -0.39 is 0 Å². The molecule has 0 heterocycles. The molecule has 0 atom stereocenters. The number of aliphatic hydroxyl groups excluding tert-OH is 1. The smallest absolute Gasteiger partial charge is 0.315 e. The number of carbonyl (C=O) groups is 1. The molecule has 0 saturated heterocycles. The Kier molecular flexibility index (Phi) is 29.6. The zero-order valence-corrected chi connectivity index (χ0v) is 14.4. The predicted octanol–water partition coefficient (Wildman–Crippen LogP) is 3.65. The largest absolute Gasteiger partial charge is 0.494 e. The van der Waals surface area contributed by atoms with Gasteiger partial charge in [0.2, 0.25) is 4.38 Å². The van der Waals surface area contributed by atoms with Crippen molar-refractivity contribution in [3.63, 3.8) is 0 Å². The van der Waals surface area contributed by atoms with Gasteiger partial charge in [0.1, 0.15) is 0 Å². The minimum atomic E-state index is -0.306. The first-order valence-corrected chi connectivity index (χ1v) is 9.16. The Balaban J connectivity index is -0.000000205. The zero-order chi connectivity index (χ0) is 14.1. The van der Waals surface area contributed by atoms with E-state index >= 15 is 0 Å². The molecule has 0 aliphatic carbocycles. The Morgan fingerprint density at radius 2 is 1.82 bits per heavy atom. The molecule has 0 aromatic rings. The van der Waals surface area contributed by atoms with E-state index in [1.807, 2.05) is 0 Å². The van der Waals surface area contributed by atoms with Gasteiger partial charge in [0.05, 0.1) is 12.4 Å². The summed E-state index contributed by atoms with van der Waals surface area (Å²) in [6.45, 7) is 2.59. The summed E-state index contributed by atoms with van der Waals surface area (Å²) in [5, 5.41) is 7.65. The fourth-order valence-electron chi connectivity index (χ4n) is 0.376. The van der Waals surface area contributed by atoms with Gasteiger partial charge in [0, 0.05) is 0 Å². The lowest BCUT2D eigenvalue weighted by atomic mass is 10.4. The van der Waals surface area contributed by atoms with Crippen LogP contribution in [0.5, 0.6) is 0 Å². The molecule has 0 spiro atoms. The average Bonchev–Trinajstić information content (AvgIpc) is 2.29. The van der Waals surface area contributed by atoms with Crippen molar-refractivity contribution >= 4 is 69.4 Å². The van der Waals surface area contributed by atoms with Crippen molar-refractivity contribution in [3.8, 4) is 0 Å². The van der Waals surface area contributed by atoms with Crippen LogP contribution < -0.4 is 0 Å². The molecule has 3 nitrogen and oxygen atoms in total. The number of thiocarbonyl (C=S) groups is 1. The fourth-order valence-corrected chi connectivity index (χ4v) is 0.467. The number of hydrogen-bond donors (Lipinski definition) is 3. The Morgan fingerprint density at radius 1 is 1.41 bits per heavy atom. The molecule has 0 unspecified atom stereocenters. The highest BCUT2D eigenvalue weighted by Crippen LogP contribution is 2.09. The Labute approximate surface area is 128 Å². The maximum absolute atomic E-state index is 10.4. The van der Waals surface area contributed by atoms with Gasteiger partial charge in [0.25, 0.3) is 0 Å². The summed E-state index contributed by atoms with van der Waals surface area (Å²) in [6.07, 6.45) is 6.12. The average molecular weight is 337 g/mol. The molecular formula is C9H20O3S5. The first-order valence-electron chi connectivity index (χ1n) is 4.71. The Morgan fingerprint density at radius 3 is 2.06 bits per heavy atom. The van der Waals surface area contributed by atoms with Crippen LogP contribution in [0.25, 0.3) is 0 Å². The van der Waals surface area contributed by atoms with Crippen LogP contribution in [-0.4, -0.2) is 40.3 Å². The van der Waals surface area contributed by atoms with Gasteiger partial charge in [-0.15, -0.1) is 0 Å². The van der Waals surface area contributed by atoms with E-state index in [1.165, 1.54) is 0 Å². The van der Waals surface area contributed by atoms with Crippen LogP contribution in [0.1, 0.15) is 19.8 Å². The number of hydrogen-bond acceptors (Lipinski definition) is 6. The van der Waals surface area contributed by atoms with Crippen molar-refractivity contribution in [1.82, 2.24) is 0 Å². The summed E-state index contributed by atoms with van der Waals surface area (Å²) in [7, 11) is 3.55. The van der Waals surface area contributed by atoms with Crippen molar-refractivity contribution in [3.05, 3.63) is 0 Å². The molecule has 104 valence electrons. The highest BCUT2D eigenvalue weighted by atomic mass is 33.1. The quantitative estimate of drug-likeness (QED) is 0.234. The normalized spacial score (nSPS) is 8.06. The monoisotopic (exact) mass is 336 g/mol. The molecule has 0 rings (SSSR count). The van der Waals surface area contributed by atoms with Gasteiger partial charge in [-0.05, 0) is 31.2 Å². The van der Waals surface area contributed by atoms with Crippen LogP contribution in [0.15, 0.2) is 0 Å². The lowest BCUT2D eigenvalue weighted by Gasteiger charge is -1.98. The lowest BCUT2D eigenvalue weighted by Crippen LogP contribution is -2.06. The number of rotatable bonds is 5. The molecule has 8 heteroatoms. The van der Waals surface area contributed by atoms with Gasteiger partial charge in [-0.3, -0.25) is 4.79 Å². The van der Waals surface area contributed by atoms with Gasteiger partial charge in [-0.1, -0.05) is 47.6 Å². The fraction of sp³-hybridized carbons (Fsp3) is 0.778. The third-order valence-electron chi connectivity index (χ3n) is 1.06. The number of ether oxygens (including phenoxy) is 1. The standard InChI is InChI=1S/C6H12O2S.C2H6S2.CH2OS2/c1-2-3-4-8-6(7)5-9;1-3-4-2;2-1(3)4/h9H,2-5H2,1H3;1-2H3;(H2,2,3,4). The van der Waals surface area contributed by atoms with Crippen molar-refractivity contribution in [2.75, 3.05) is 24.9 Å². The maximum Gasteiger partial charge on any atom is 0.315 e. The van der Waals surface area contributed by atoms with E-state index in [9.17, 15) is 4.79 Å². The molecule has 0 amide bonds. The van der Waals surface area contributed by atoms with Gasteiger partial charge >= 0.3 is 5.97 Å². The molecule has 0 bridgehead atoms. The van der Waals surface area contributed by atoms with Crippen LogP contribution in [0.3, 0.4) is 0 Å². The summed E-state index contributed by atoms with van der Waals surface area (Å²) < 4.78 is 4.41. The highest BCUT2D eigenvalue weighted by Gasteiger charge is 1.95. The van der Waals surface area contributed by atoms with Crippen LogP contribution in [0.2, 0.25) is 0 Å². The Hall–Kier alpha value is 0.760. The van der Waals surface area contributed by atoms with Gasteiger partial charge in [-0.25, -0.2) is 0 Å². The van der Waals surface area contributed by atoms with E-state index in [0.717, 1.165) is 12.8 Å². The second kappa shape index (κ2) is 22.0. The third kappa shape index (κ3) is 47.6. The summed E-state index contributed by atoms with van der Waals surface area (Å²) in [6, 6.07) is 0. The number of aliphatic hydroxyl groups is 1. The first kappa shape index (κ1) is 22.9. The molecular weight excluding hydrogens is 316 g/mol. The molecule has 0 radical (unpaired) electrons. The van der Waals surface area contributed by atoms with E-state index in [1.54, 1.807) is 21.6 Å². The van der Waals surface area contributed by atoms with Gasteiger partial charge in [0.15, 0.2) is 0 Å². The van der Waals surface area contributed by atoms with Crippen molar-refractivity contribution < 1.29 is 14.6 Å². The van der Waals surface area contributed by atoms with Crippen molar-refractivity contribution in [1.29, 1.82) is 0 Å². The highest BCUT2D eigenvalue weighted by molar-refractivity contribution is 8.76. The van der Waals surface area contributed by atoms with Gasteiger partial charge < -0.3 is 9.84 Å². The molecule has 0 aliphatic heterocycles. The summed E-state index contributed by atoms with van der Waals surface area (Å²) in [4.78, 5) is 10.4. The minimum absolute atomic E-state index is 0.184. The molecule has 17 heavy (non-hydrogen) atoms. The summed E-state index contributed by atoms with van der Waals surface area (Å²) >= 11 is 11.0. The number of thiol groups is 2. The number of unbranched alkanes of at least 4 members (excludes halogenated alkanes) is 1. The second-order valence-corrected chi connectivity index (χ2v) is 6.44. The van der Waals surface area contributed by atoms with E-state index in [2.05, 4.69) is 56.9 Å². The molecule has 0 aromatic heterocycles. The van der Waals surface area contributed by atoms with E-state index in [-0.39, 0.29) is 16.1 Å². The maximum atomic E-state index is 10.4. The number of esters is 1. The molecule has 0 saturated carbocycles. The predicted molar refractivity (Wildman–Crippen MR) is 91.0 cm³/mol. The van der Waals surface area contributed by atoms with Crippen LogP contribution in [-0.2, 0) is 9.53 Å². The van der Waals surface area contributed by atoms with E-state index in [4.69, 9.17) is 9.84 Å². The van der Waals surface area contributed by atoms with Crippen molar-refractivity contribution in [2.24, 2.45) is 0 Å². The molecule has 0 aliphatic rings. The van der Waals surface area contributed by atoms with Gasteiger partial charge in [-0.2, -0.15) is 12.6 Å². The summed E-state index contributed by atoms with van der Waals surface area (Å²) in [5.74, 6) is -0.0456. The number of carbonyl (C=O) groups excluding carboxylic acids is 1. The van der Waals surface area contributed by atoms with Crippen LogP contribution in [0, 0.1) is 0 Å². The van der Waals surface area contributed by atoms with Crippen LogP contribution >= 0.6 is 59.1 Å². The molecule has 0 aromatic carbocycles. The second-order valence-electron chi connectivity index (χ2n) is 2.35. The third-order valence-corrected chi connectivity index (χ3v) is 2.65. The first-order chi connectivity index (χ1) is 7.95. The molecule has 1 N–H and O–H groups in total. The zero-order valence-electron chi connectivity index (χ0n) is 10.2. The minimum Gasteiger partial charge on any atom is -0.494 e. The topological polar surface area (TPSA) is 46.5 Å². The summed E-state index contributed by atoms with van der Waals surface area (Å²) in [5.41, 5.74) is 0. The van der Waals surface area contributed by atoms with Crippen LogP contribution in [0.4, 0.5) is 0 Å². The SMILES string of the molecule is CCCCOC(=O)CS.CSSC.OC(=S)S. The lowest BCUT2D eigenvalue weighted by molar-refractivity contribution is -0.140. The molecule has 0 fully saturated rings. The Bertz CT molecular complexity index is 172. The van der Waals surface area contributed by atoms with E-state index in [0.29, 0.717) is 6.61 Å². The van der Waals surface area contributed by atoms with Crippen molar-refractivity contribution in [2.45, 2.75) is 19.8 Å².